The molecule has 0 unspecified atom stereocenters. The highest BCUT2D eigenvalue weighted by atomic mass is 19.4. The van der Waals surface area contributed by atoms with Crippen molar-refractivity contribution in [3.05, 3.63) is 53.2 Å². The molecule has 8 rings (SSSR count). The van der Waals surface area contributed by atoms with Gasteiger partial charge in [-0.25, -0.2) is 13.8 Å². The van der Waals surface area contributed by atoms with Gasteiger partial charge in [0, 0.05) is 42.7 Å². The summed E-state index contributed by atoms with van der Waals surface area (Å²) in [5.74, 6) is 1.04. The molecule has 4 aromatic rings. The number of aryl methyl sites for hydroxylation is 1. The van der Waals surface area contributed by atoms with Gasteiger partial charge in [0.15, 0.2) is 5.82 Å². The van der Waals surface area contributed by atoms with Crippen LogP contribution in [-0.2, 0) is 11.2 Å². The number of pyridine rings is 1. The number of alkyl halides is 9. The van der Waals surface area contributed by atoms with Crippen LogP contribution >= 0.6 is 0 Å². The fraction of sp³-hybridized carbons (Fsp3) is 0.513. The number of terminal acetylenes is 1. The number of rotatable bonds is 7. The molecular weight excluding hydrogens is 793 g/mol. The lowest BCUT2D eigenvalue weighted by Crippen LogP contribution is -2.68. The van der Waals surface area contributed by atoms with E-state index in [4.69, 9.17) is 21.1 Å². The summed E-state index contributed by atoms with van der Waals surface area (Å²) in [5, 5.41) is 4.57. The Morgan fingerprint density at radius 3 is 2.38 bits per heavy atom. The SMILES string of the molecule is C#Cc1c(F)ccc2cccc(-c3nc4c5c(nc(OC[C@]67CCCN6C[C@@H](OC(C(F)(F)F)(C(F)(F)F)C(F)(F)F)C7)nc5c3F)N3C[C@@H](CC)NC[C@H]3CC4)c12. The maximum atomic E-state index is 17.2. The molecule has 0 radical (unpaired) electrons. The molecule has 4 aliphatic rings. The topological polar surface area (TPSA) is 75.6 Å². The highest BCUT2D eigenvalue weighted by Gasteiger charge is 2.86. The Morgan fingerprint density at radius 2 is 1.69 bits per heavy atom. The second-order valence-electron chi connectivity index (χ2n) is 15.3. The molecule has 19 heteroatoms. The van der Waals surface area contributed by atoms with Crippen LogP contribution in [0.4, 0.5) is 54.1 Å². The van der Waals surface area contributed by atoms with Gasteiger partial charge in [0.25, 0.3) is 0 Å². The number of nitrogens with one attached hydrogen (secondary N) is 1. The molecule has 2 aromatic carbocycles. The monoisotopic (exact) mass is 828 g/mol. The van der Waals surface area contributed by atoms with Crippen molar-refractivity contribution >= 4 is 27.5 Å². The average molecular weight is 829 g/mol. The quantitative estimate of drug-likeness (QED) is 0.148. The van der Waals surface area contributed by atoms with Crippen molar-refractivity contribution in [2.24, 2.45) is 0 Å². The zero-order valence-electron chi connectivity index (χ0n) is 30.7. The number of halogens is 11. The van der Waals surface area contributed by atoms with Crippen molar-refractivity contribution in [3.8, 4) is 29.6 Å². The number of ether oxygens (including phenoxy) is 2. The van der Waals surface area contributed by atoms with Crippen molar-refractivity contribution in [2.45, 2.75) is 93.3 Å². The number of nitrogens with zero attached hydrogens (tertiary/aromatic N) is 5. The van der Waals surface area contributed by atoms with E-state index in [1.54, 1.807) is 18.2 Å². The number of hydrogen-bond donors (Lipinski definition) is 1. The van der Waals surface area contributed by atoms with Gasteiger partial charge in [0.1, 0.15) is 29.5 Å². The zero-order valence-corrected chi connectivity index (χ0v) is 30.7. The first kappa shape index (κ1) is 40.2. The van der Waals surface area contributed by atoms with Crippen molar-refractivity contribution in [1.82, 2.24) is 25.2 Å². The third-order valence-electron chi connectivity index (χ3n) is 12.0. The van der Waals surface area contributed by atoms with Gasteiger partial charge in [-0.05, 0) is 56.5 Å². The molecule has 0 aliphatic carbocycles. The molecule has 3 fully saturated rings. The van der Waals surface area contributed by atoms with E-state index in [0.717, 1.165) is 6.42 Å². The lowest BCUT2D eigenvalue weighted by atomic mass is 9.93. The van der Waals surface area contributed by atoms with E-state index in [-0.39, 0.29) is 58.8 Å². The number of fused-ring (bicyclic) bond motifs is 4. The van der Waals surface area contributed by atoms with Crippen LogP contribution in [0.15, 0.2) is 30.3 Å². The number of anilines is 1. The first-order valence-electron chi connectivity index (χ1n) is 18.7. The molecule has 0 saturated carbocycles. The third-order valence-corrected chi connectivity index (χ3v) is 12.0. The Bertz CT molecular complexity index is 2270. The largest absolute Gasteiger partial charge is 0.461 e. The molecule has 4 aliphatic heterocycles. The summed E-state index contributed by atoms with van der Waals surface area (Å²) in [7, 11) is 0. The van der Waals surface area contributed by atoms with Gasteiger partial charge >= 0.3 is 30.1 Å². The van der Waals surface area contributed by atoms with Gasteiger partial charge in [-0.3, -0.25) is 4.90 Å². The highest BCUT2D eigenvalue weighted by molar-refractivity contribution is 6.02. The standard InChI is InChI=1S/C39H35F11N6O2/c1-3-21-17-56-22(16-51-21)10-12-27-29-32(30(41)31(52-27)25-8-5-7-20-9-11-26(40)24(4-2)28(20)25)53-34(54-33(29)56)57-19-35-13-6-14-55(35)18-23(15-35)58-36(37(42,43)44,38(45,46)47)39(48,49)50/h2,5,7-9,11,21-23,51H,3,6,10,12-19H2,1H3/t21-,22-,23+,35-/m1/s1. The van der Waals surface area contributed by atoms with Gasteiger partial charge in [-0.1, -0.05) is 37.1 Å². The molecule has 58 heavy (non-hydrogen) atoms. The summed E-state index contributed by atoms with van der Waals surface area (Å²) in [5.41, 5.74) is -7.61. The molecule has 310 valence electrons. The van der Waals surface area contributed by atoms with Crippen molar-refractivity contribution in [2.75, 3.05) is 37.7 Å². The van der Waals surface area contributed by atoms with Crippen molar-refractivity contribution in [3.63, 3.8) is 0 Å². The van der Waals surface area contributed by atoms with Gasteiger partial charge < -0.3 is 19.7 Å². The molecule has 4 atom stereocenters. The third kappa shape index (κ3) is 6.28. The Kier molecular flexibility index (Phi) is 9.75. The summed E-state index contributed by atoms with van der Waals surface area (Å²) in [4.78, 5) is 17.4. The van der Waals surface area contributed by atoms with Crippen molar-refractivity contribution in [1.29, 1.82) is 0 Å². The maximum absolute atomic E-state index is 17.2. The van der Waals surface area contributed by atoms with Crippen LogP contribution in [-0.4, -0.2) is 100 Å². The van der Waals surface area contributed by atoms with Crippen LogP contribution in [0, 0.1) is 24.0 Å². The number of aromatic nitrogens is 3. The minimum atomic E-state index is -6.88. The molecule has 6 heterocycles. The second-order valence-corrected chi connectivity index (χ2v) is 15.3. The molecule has 8 nitrogen and oxygen atoms in total. The molecule has 0 bridgehead atoms. The van der Waals surface area contributed by atoms with E-state index in [2.05, 4.69) is 21.0 Å². The smallest absolute Gasteiger partial charge is 0.435 e. The number of benzene rings is 2. The molecule has 0 amide bonds. The van der Waals surface area contributed by atoms with Crippen LogP contribution in [0.3, 0.4) is 0 Å². The van der Waals surface area contributed by atoms with E-state index in [1.807, 2.05) is 11.8 Å². The Labute approximate surface area is 324 Å². The first-order valence-corrected chi connectivity index (χ1v) is 18.7. The predicted molar refractivity (Wildman–Crippen MR) is 189 cm³/mol. The van der Waals surface area contributed by atoms with E-state index in [0.29, 0.717) is 54.6 Å². The summed E-state index contributed by atoms with van der Waals surface area (Å²) in [6, 6.07) is 7.10. The summed E-state index contributed by atoms with van der Waals surface area (Å²) in [6.45, 7) is 1.98. The fourth-order valence-electron chi connectivity index (χ4n) is 9.16. The number of hydrogen-bond acceptors (Lipinski definition) is 8. The lowest BCUT2D eigenvalue weighted by molar-refractivity contribution is -0.463. The van der Waals surface area contributed by atoms with E-state index < -0.39 is 67.0 Å². The predicted octanol–water partition coefficient (Wildman–Crippen LogP) is 8.04. The highest BCUT2D eigenvalue weighted by Crippen LogP contribution is 2.57. The average Bonchev–Trinajstić information content (AvgIpc) is 3.66. The summed E-state index contributed by atoms with van der Waals surface area (Å²) in [6.07, 6.45) is -15.5. The van der Waals surface area contributed by atoms with Crippen LogP contribution in [0.25, 0.3) is 32.9 Å². The minimum absolute atomic E-state index is 0.0237. The normalized spacial score (nSPS) is 24.2. The van der Waals surface area contributed by atoms with E-state index >= 15 is 8.78 Å². The van der Waals surface area contributed by atoms with Crippen LogP contribution < -0.4 is 15.0 Å². The zero-order chi connectivity index (χ0) is 41.6. The summed E-state index contributed by atoms with van der Waals surface area (Å²) >= 11 is 0. The van der Waals surface area contributed by atoms with Gasteiger partial charge in [-0.15, -0.1) is 6.42 Å². The van der Waals surface area contributed by atoms with Gasteiger partial charge in [0.2, 0.25) is 0 Å². The first-order chi connectivity index (χ1) is 27.3. The second kappa shape index (κ2) is 14.0. The van der Waals surface area contributed by atoms with Gasteiger partial charge in [-0.2, -0.15) is 49.5 Å². The number of piperazine rings is 1. The Hall–Kier alpha value is -4.54. The van der Waals surface area contributed by atoms with Crippen LogP contribution in [0.1, 0.15) is 50.3 Å². The molecule has 1 N–H and O–H groups in total. The maximum Gasteiger partial charge on any atom is 0.435 e. The fourth-order valence-corrected chi connectivity index (χ4v) is 9.16. The molecule has 0 spiro atoms. The van der Waals surface area contributed by atoms with Crippen molar-refractivity contribution < 1.29 is 57.8 Å². The Morgan fingerprint density at radius 1 is 0.948 bits per heavy atom. The lowest BCUT2D eigenvalue weighted by Gasteiger charge is -2.40. The van der Waals surface area contributed by atoms with E-state index in [9.17, 15) is 39.5 Å². The Balaban J connectivity index is 1.21. The molecule has 2 aromatic heterocycles. The minimum Gasteiger partial charge on any atom is -0.461 e. The van der Waals surface area contributed by atoms with E-state index in [1.165, 1.54) is 17.0 Å². The molecule has 3 saturated heterocycles. The summed E-state index contributed by atoms with van der Waals surface area (Å²) < 4.78 is 167. The molecular formula is C39H35F11N6O2. The van der Waals surface area contributed by atoms with Crippen LogP contribution in [0.2, 0.25) is 0 Å². The van der Waals surface area contributed by atoms with Crippen LogP contribution in [0.5, 0.6) is 6.01 Å². The van der Waals surface area contributed by atoms with Gasteiger partial charge in [0.05, 0.1) is 28.3 Å².